The van der Waals surface area contributed by atoms with Crippen molar-refractivity contribution >= 4 is 0 Å². The number of nitrogens with zero attached hydrogens (tertiary/aromatic N) is 3. The molecule has 0 saturated heterocycles. The van der Waals surface area contributed by atoms with E-state index in [0.717, 1.165) is 30.8 Å². The lowest BCUT2D eigenvalue weighted by Crippen LogP contribution is -2.62. The Morgan fingerprint density at radius 3 is 2.92 bits per heavy atom. The molecule has 2 saturated carbocycles. The third-order valence-corrected chi connectivity index (χ3v) is 6.07. The van der Waals surface area contributed by atoms with Crippen LogP contribution < -0.4 is 5.32 Å². The first-order chi connectivity index (χ1) is 12.2. The van der Waals surface area contributed by atoms with Gasteiger partial charge in [0, 0.05) is 61.4 Å². The minimum Gasteiger partial charge on any atom is -0.378 e. The highest BCUT2D eigenvalue weighted by molar-refractivity contribution is 5.61. The van der Waals surface area contributed by atoms with Crippen LogP contribution in [-0.2, 0) is 18.3 Å². The number of hydrogen-bond donors (Lipinski definition) is 1. The van der Waals surface area contributed by atoms with E-state index in [2.05, 4.69) is 34.6 Å². The maximum atomic E-state index is 6.03. The van der Waals surface area contributed by atoms with Gasteiger partial charge in [0.1, 0.15) is 0 Å². The molecule has 2 heterocycles. The summed E-state index contributed by atoms with van der Waals surface area (Å²) in [5.41, 5.74) is 3.72. The van der Waals surface area contributed by atoms with Crippen LogP contribution in [0.5, 0.6) is 0 Å². The summed E-state index contributed by atoms with van der Waals surface area (Å²) in [5, 5.41) is 8.47. The maximum absolute atomic E-state index is 6.03. The molecule has 1 spiro atoms. The summed E-state index contributed by atoms with van der Waals surface area (Å²) in [4.78, 5) is 4.24. The van der Waals surface area contributed by atoms with E-state index in [9.17, 15) is 0 Å². The normalized spacial score (nSPS) is 24.6. The van der Waals surface area contributed by atoms with Crippen LogP contribution in [0.15, 0.2) is 30.7 Å². The van der Waals surface area contributed by atoms with E-state index >= 15 is 0 Å². The summed E-state index contributed by atoms with van der Waals surface area (Å²) < 4.78 is 7.93. The molecular weight excluding hydrogens is 312 g/mol. The fourth-order valence-electron chi connectivity index (χ4n) is 4.82. The van der Waals surface area contributed by atoms with Crippen molar-refractivity contribution in [1.29, 1.82) is 0 Å². The summed E-state index contributed by atoms with van der Waals surface area (Å²) in [6.07, 6.45) is 12.7. The average Bonchev–Trinajstić information content (AvgIpc) is 3.27. The highest BCUT2D eigenvalue weighted by Gasteiger charge is 2.56. The summed E-state index contributed by atoms with van der Waals surface area (Å²) in [5.74, 6) is 0. The Morgan fingerprint density at radius 2 is 2.20 bits per heavy atom. The van der Waals surface area contributed by atoms with Gasteiger partial charge in [0.2, 0.25) is 0 Å². The molecule has 2 atom stereocenters. The second-order valence-corrected chi connectivity index (χ2v) is 7.47. The lowest BCUT2D eigenvalue weighted by Gasteiger charge is -2.54. The van der Waals surface area contributed by atoms with Gasteiger partial charge in [-0.1, -0.05) is 12.8 Å². The molecule has 2 aliphatic rings. The molecule has 0 aromatic carbocycles. The molecule has 2 aliphatic carbocycles. The molecular formula is C20H28N4O. The SMILES string of the molecule is CCO[C@@H]1C[C@H](NCc2cn(C)nc2-c2cccnc2)C12CCCC2. The molecule has 2 aromatic rings. The summed E-state index contributed by atoms with van der Waals surface area (Å²) in [7, 11) is 1.98. The van der Waals surface area contributed by atoms with E-state index < -0.39 is 0 Å². The Morgan fingerprint density at radius 1 is 1.36 bits per heavy atom. The fraction of sp³-hybridized carbons (Fsp3) is 0.600. The van der Waals surface area contributed by atoms with Crippen molar-refractivity contribution in [1.82, 2.24) is 20.1 Å². The lowest BCUT2D eigenvalue weighted by atomic mass is 9.60. The predicted octanol–water partition coefficient (Wildman–Crippen LogP) is 3.31. The van der Waals surface area contributed by atoms with Crippen LogP contribution in [0.2, 0.25) is 0 Å². The summed E-state index contributed by atoms with van der Waals surface area (Å²) in [6, 6.07) is 4.60. The number of pyridine rings is 1. The van der Waals surface area contributed by atoms with Crippen molar-refractivity contribution < 1.29 is 4.74 Å². The van der Waals surface area contributed by atoms with Crippen molar-refractivity contribution in [2.45, 2.75) is 57.7 Å². The van der Waals surface area contributed by atoms with Crippen LogP contribution in [0.4, 0.5) is 0 Å². The Balaban J connectivity index is 1.47. The van der Waals surface area contributed by atoms with Crippen molar-refractivity contribution in [2.75, 3.05) is 6.61 Å². The maximum Gasteiger partial charge on any atom is 0.0983 e. The predicted molar refractivity (Wildman–Crippen MR) is 98.0 cm³/mol. The van der Waals surface area contributed by atoms with E-state index in [-0.39, 0.29) is 0 Å². The molecule has 134 valence electrons. The third-order valence-electron chi connectivity index (χ3n) is 6.07. The smallest absolute Gasteiger partial charge is 0.0983 e. The lowest BCUT2D eigenvalue weighted by molar-refractivity contribution is -0.130. The van der Waals surface area contributed by atoms with Crippen LogP contribution in [0, 0.1) is 5.41 Å². The first-order valence-corrected chi connectivity index (χ1v) is 9.51. The van der Waals surface area contributed by atoms with E-state index in [4.69, 9.17) is 4.74 Å². The number of rotatable bonds is 6. The van der Waals surface area contributed by atoms with Crippen molar-refractivity contribution in [3.8, 4) is 11.3 Å². The van der Waals surface area contributed by atoms with Crippen molar-refractivity contribution in [3.63, 3.8) is 0 Å². The van der Waals surface area contributed by atoms with Crippen LogP contribution >= 0.6 is 0 Å². The van der Waals surface area contributed by atoms with Crippen LogP contribution in [0.3, 0.4) is 0 Å². The zero-order chi connectivity index (χ0) is 17.3. The Bertz CT molecular complexity index is 706. The molecule has 4 rings (SSSR count). The van der Waals surface area contributed by atoms with Crippen LogP contribution in [0.25, 0.3) is 11.3 Å². The largest absolute Gasteiger partial charge is 0.378 e. The number of aryl methyl sites for hydroxylation is 1. The molecule has 0 amide bonds. The Kier molecular flexibility index (Phi) is 4.61. The zero-order valence-electron chi connectivity index (χ0n) is 15.2. The average molecular weight is 340 g/mol. The summed E-state index contributed by atoms with van der Waals surface area (Å²) in [6.45, 7) is 3.79. The van der Waals surface area contributed by atoms with Gasteiger partial charge in [-0.05, 0) is 38.3 Å². The standard InChI is InChI=1S/C20H28N4O/c1-3-25-18-11-17(20(18)8-4-5-9-20)22-13-16-14-24(2)23-19(16)15-7-6-10-21-12-15/h6-7,10,12,14,17-18,22H,3-5,8-9,11,13H2,1-2H3/t17-,18+/m0/s1. The highest BCUT2D eigenvalue weighted by atomic mass is 16.5. The molecule has 0 aliphatic heterocycles. The van der Waals surface area contributed by atoms with E-state index in [1.807, 2.05) is 24.0 Å². The van der Waals surface area contributed by atoms with Gasteiger partial charge in [0.05, 0.1) is 11.8 Å². The van der Waals surface area contributed by atoms with E-state index in [0.29, 0.717) is 17.6 Å². The van der Waals surface area contributed by atoms with Crippen molar-refractivity contribution in [2.24, 2.45) is 12.5 Å². The minimum absolute atomic E-state index is 0.368. The van der Waals surface area contributed by atoms with Crippen LogP contribution in [-0.4, -0.2) is 33.5 Å². The molecule has 0 bridgehead atoms. The minimum atomic E-state index is 0.368. The fourth-order valence-corrected chi connectivity index (χ4v) is 4.82. The Labute approximate surface area is 149 Å². The van der Waals surface area contributed by atoms with Gasteiger partial charge in [0.25, 0.3) is 0 Å². The van der Waals surface area contributed by atoms with E-state index in [1.54, 1.807) is 6.20 Å². The second-order valence-electron chi connectivity index (χ2n) is 7.47. The molecule has 2 fully saturated rings. The molecule has 0 unspecified atom stereocenters. The quantitative estimate of drug-likeness (QED) is 0.876. The molecule has 25 heavy (non-hydrogen) atoms. The molecule has 5 heteroatoms. The highest BCUT2D eigenvalue weighted by Crippen LogP contribution is 2.54. The number of ether oxygens (including phenoxy) is 1. The molecule has 5 nitrogen and oxygen atoms in total. The number of aromatic nitrogens is 3. The second kappa shape index (κ2) is 6.89. The third kappa shape index (κ3) is 3.00. The molecule has 2 aromatic heterocycles. The van der Waals surface area contributed by atoms with Gasteiger partial charge in [-0.15, -0.1) is 0 Å². The Hall–Kier alpha value is -1.72. The first-order valence-electron chi connectivity index (χ1n) is 9.51. The monoisotopic (exact) mass is 340 g/mol. The first kappa shape index (κ1) is 16.7. The zero-order valence-corrected chi connectivity index (χ0v) is 15.2. The van der Waals surface area contributed by atoms with Gasteiger partial charge < -0.3 is 10.1 Å². The van der Waals surface area contributed by atoms with Gasteiger partial charge in [-0.3, -0.25) is 9.67 Å². The van der Waals surface area contributed by atoms with E-state index in [1.165, 1.54) is 31.2 Å². The van der Waals surface area contributed by atoms with Crippen molar-refractivity contribution in [3.05, 3.63) is 36.3 Å². The van der Waals surface area contributed by atoms with Crippen LogP contribution in [0.1, 0.15) is 44.6 Å². The number of hydrogen-bond acceptors (Lipinski definition) is 4. The molecule has 0 radical (unpaired) electrons. The molecule has 1 N–H and O–H groups in total. The van der Waals surface area contributed by atoms with Gasteiger partial charge in [0.15, 0.2) is 0 Å². The number of nitrogens with one attached hydrogen (secondary N) is 1. The topological polar surface area (TPSA) is 52.0 Å². The van der Waals surface area contributed by atoms with Gasteiger partial charge >= 0.3 is 0 Å². The summed E-state index contributed by atoms with van der Waals surface area (Å²) >= 11 is 0. The van der Waals surface area contributed by atoms with Gasteiger partial charge in [-0.25, -0.2) is 0 Å². The van der Waals surface area contributed by atoms with Gasteiger partial charge in [-0.2, -0.15) is 5.10 Å².